The molecule has 4 nitrogen and oxygen atoms in total. The predicted molar refractivity (Wildman–Crippen MR) is 73.8 cm³/mol. The van der Waals surface area contributed by atoms with Gasteiger partial charge in [-0.05, 0) is 18.1 Å². The summed E-state index contributed by atoms with van der Waals surface area (Å²) in [5, 5.41) is 3.68. The van der Waals surface area contributed by atoms with Gasteiger partial charge in [0.05, 0.1) is 11.6 Å². The van der Waals surface area contributed by atoms with Crippen LogP contribution in [0.4, 0.5) is 13.2 Å². The molecule has 0 spiro atoms. The Morgan fingerprint density at radius 2 is 1.90 bits per heavy atom. The lowest BCUT2D eigenvalue weighted by atomic mass is 10.1. The molecule has 8 heteroatoms. The highest BCUT2D eigenvalue weighted by Crippen LogP contribution is 2.31. The van der Waals surface area contributed by atoms with Gasteiger partial charge in [-0.2, -0.15) is 18.2 Å². The van der Waals surface area contributed by atoms with Crippen LogP contribution in [0.1, 0.15) is 31.3 Å². The molecule has 0 unspecified atom stereocenters. The van der Waals surface area contributed by atoms with Crippen LogP contribution in [-0.4, -0.2) is 10.1 Å². The van der Waals surface area contributed by atoms with Gasteiger partial charge in [-0.1, -0.05) is 31.1 Å². The van der Waals surface area contributed by atoms with Gasteiger partial charge in [0, 0.05) is 5.56 Å². The van der Waals surface area contributed by atoms with Crippen molar-refractivity contribution >= 4 is 12.4 Å². The second kappa shape index (κ2) is 6.44. The molecule has 21 heavy (non-hydrogen) atoms. The van der Waals surface area contributed by atoms with Crippen LogP contribution < -0.4 is 5.73 Å². The molecule has 0 saturated heterocycles. The van der Waals surface area contributed by atoms with Crippen molar-refractivity contribution in [1.29, 1.82) is 0 Å². The summed E-state index contributed by atoms with van der Waals surface area (Å²) in [6.45, 7) is 3.78. The molecule has 2 rings (SSSR count). The quantitative estimate of drug-likeness (QED) is 0.933. The molecule has 116 valence electrons. The number of hydrogen-bond donors (Lipinski definition) is 1. The molecule has 0 saturated carbocycles. The Morgan fingerprint density at radius 1 is 1.24 bits per heavy atom. The summed E-state index contributed by atoms with van der Waals surface area (Å²) >= 11 is 0. The minimum absolute atomic E-state index is 0. The first-order valence-electron chi connectivity index (χ1n) is 6.06. The van der Waals surface area contributed by atoms with Crippen molar-refractivity contribution in [3.8, 4) is 11.4 Å². The molecule has 1 atom stereocenters. The van der Waals surface area contributed by atoms with E-state index < -0.39 is 17.8 Å². The van der Waals surface area contributed by atoms with Crippen molar-refractivity contribution in [2.45, 2.75) is 26.1 Å². The van der Waals surface area contributed by atoms with E-state index in [0.717, 1.165) is 12.1 Å². The molecular formula is C13H15ClF3N3O. The van der Waals surface area contributed by atoms with E-state index in [-0.39, 0.29) is 35.6 Å². The standard InChI is InChI=1S/C13H14F3N3O.ClH/c1-7(2)10(17)12-18-11(19-20-12)8-4-3-5-9(6-8)13(14,15)16;/h3-7,10H,17H2,1-2H3;1H/t10-;/m1./s1. The second-order valence-corrected chi connectivity index (χ2v) is 4.80. The summed E-state index contributed by atoms with van der Waals surface area (Å²) in [7, 11) is 0. The lowest BCUT2D eigenvalue weighted by Gasteiger charge is -2.09. The highest BCUT2D eigenvalue weighted by molar-refractivity contribution is 5.85. The molecule has 1 heterocycles. The molecular weight excluding hydrogens is 307 g/mol. The smallest absolute Gasteiger partial charge is 0.337 e. The average Bonchev–Trinajstić information content (AvgIpc) is 2.86. The van der Waals surface area contributed by atoms with Crippen molar-refractivity contribution < 1.29 is 17.7 Å². The molecule has 1 aromatic heterocycles. The summed E-state index contributed by atoms with van der Waals surface area (Å²) in [5.74, 6) is 0.402. The van der Waals surface area contributed by atoms with Crippen molar-refractivity contribution in [3.05, 3.63) is 35.7 Å². The van der Waals surface area contributed by atoms with Crippen LogP contribution >= 0.6 is 12.4 Å². The Labute approximate surface area is 125 Å². The molecule has 0 radical (unpaired) electrons. The number of rotatable bonds is 3. The third kappa shape index (κ3) is 3.95. The number of aromatic nitrogens is 2. The largest absolute Gasteiger partial charge is 0.416 e. The van der Waals surface area contributed by atoms with Gasteiger partial charge >= 0.3 is 6.18 Å². The molecule has 0 aliphatic heterocycles. The zero-order chi connectivity index (χ0) is 14.9. The highest BCUT2D eigenvalue weighted by Gasteiger charge is 2.31. The zero-order valence-electron chi connectivity index (χ0n) is 11.4. The average molecular weight is 322 g/mol. The third-order valence-corrected chi connectivity index (χ3v) is 2.89. The van der Waals surface area contributed by atoms with Crippen molar-refractivity contribution in [3.63, 3.8) is 0 Å². The molecule has 0 bridgehead atoms. The minimum atomic E-state index is -4.41. The van der Waals surface area contributed by atoms with Crippen molar-refractivity contribution in [1.82, 2.24) is 10.1 Å². The molecule has 2 aromatic rings. The molecule has 0 fully saturated rings. The number of benzene rings is 1. The first kappa shape index (κ1) is 17.5. The SMILES string of the molecule is CC(C)[C@@H](N)c1nc(-c2cccc(C(F)(F)F)c2)no1.Cl. The third-order valence-electron chi connectivity index (χ3n) is 2.89. The predicted octanol–water partition coefficient (Wildman–Crippen LogP) is 3.83. The number of nitrogens with zero attached hydrogens (tertiary/aromatic N) is 2. The molecule has 2 N–H and O–H groups in total. The fourth-order valence-corrected chi connectivity index (χ4v) is 1.61. The summed E-state index contributed by atoms with van der Waals surface area (Å²) in [5.41, 5.74) is 5.34. The monoisotopic (exact) mass is 321 g/mol. The van der Waals surface area contributed by atoms with E-state index in [0.29, 0.717) is 0 Å². The number of nitrogens with two attached hydrogens (primary N) is 1. The van der Waals surface area contributed by atoms with E-state index in [4.69, 9.17) is 10.3 Å². The lowest BCUT2D eigenvalue weighted by molar-refractivity contribution is -0.137. The Morgan fingerprint density at radius 3 is 2.48 bits per heavy atom. The highest BCUT2D eigenvalue weighted by atomic mass is 35.5. The van der Waals surface area contributed by atoms with E-state index in [1.165, 1.54) is 12.1 Å². The summed E-state index contributed by atoms with van der Waals surface area (Å²) in [6, 6.07) is 4.32. The van der Waals surface area contributed by atoms with Gasteiger partial charge in [0.2, 0.25) is 11.7 Å². The number of alkyl halides is 3. The molecule has 0 aliphatic rings. The first-order chi connectivity index (χ1) is 9.29. The lowest BCUT2D eigenvalue weighted by Crippen LogP contribution is -2.16. The Hall–Kier alpha value is -1.60. The fourth-order valence-electron chi connectivity index (χ4n) is 1.61. The maximum absolute atomic E-state index is 12.6. The Kier molecular flexibility index (Phi) is 5.36. The Balaban J connectivity index is 0.00000220. The van der Waals surface area contributed by atoms with Gasteiger partial charge < -0.3 is 10.3 Å². The van der Waals surface area contributed by atoms with Crippen LogP contribution in [0.15, 0.2) is 28.8 Å². The van der Waals surface area contributed by atoms with Crippen LogP contribution in [-0.2, 0) is 6.18 Å². The summed E-state index contributed by atoms with van der Waals surface area (Å²) in [6.07, 6.45) is -4.41. The van der Waals surface area contributed by atoms with Crippen molar-refractivity contribution in [2.75, 3.05) is 0 Å². The van der Waals surface area contributed by atoms with Crippen molar-refractivity contribution in [2.24, 2.45) is 11.7 Å². The van der Waals surface area contributed by atoms with Crippen LogP contribution in [0, 0.1) is 5.92 Å². The van der Waals surface area contributed by atoms with Gasteiger partial charge in [-0.25, -0.2) is 0 Å². The van der Waals surface area contributed by atoms with Crippen LogP contribution in [0.5, 0.6) is 0 Å². The normalized spacial score (nSPS) is 13.1. The van der Waals surface area contributed by atoms with Gasteiger partial charge in [-0.3, -0.25) is 0 Å². The van der Waals surface area contributed by atoms with Gasteiger partial charge in [0.1, 0.15) is 0 Å². The van der Waals surface area contributed by atoms with E-state index >= 15 is 0 Å². The number of hydrogen-bond acceptors (Lipinski definition) is 4. The number of halogens is 4. The fraction of sp³-hybridized carbons (Fsp3) is 0.385. The second-order valence-electron chi connectivity index (χ2n) is 4.80. The minimum Gasteiger partial charge on any atom is -0.337 e. The first-order valence-corrected chi connectivity index (χ1v) is 6.06. The maximum Gasteiger partial charge on any atom is 0.416 e. The summed E-state index contributed by atoms with van der Waals surface area (Å²) in [4.78, 5) is 4.05. The van der Waals surface area contributed by atoms with E-state index in [1.807, 2.05) is 13.8 Å². The summed E-state index contributed by atoms with van der Waals surface area (Å²) < 4.78 is 42.9. The van der Waals surface area contributed by atoms with Gasteiger partial charge in [0.25, 0.3) is 0 Å². The molecule has 1 aromatic carbocycles. The maximum atomic E-state index is 12.6. The van der Waals surface area contributed by atoms with Gasteiger partial charge in [-0.15, -0.1) is 12.4 Å². The van der Waals surface area contributed by atoms with Crippen LogP contribution in [0.3, 0.4) is 0 Å². The topological polar surface area (TPSA) is 64.9 Å². The van der Waals surface area contributed by atoms with Gasteiger partial charge in [0.15, 0.2) is 0 Å². The van der Waals surface area contributed by atoms with Crippen LogP contribution in [0.2, 0.25) is 0 Å². The van der Waals surface area contributed by atoms with E-state index in [2.05, 4.69) is 10.1 Å². The van der Waals surface area contributed by atoms with E-state index in [1.54, 1.807) is 0 Å². The van der Waals surface area contributed by atoms with Crippen LogP contribution in [0.25, 0.3) is 11.4 Å². The van der Waals surface area contributed by atoms with E-state index in [9.17, 15) is 13.2 Å². The molecule has 0 amide bonds. The molecule has 0 aliphatic carbocycles. The Bertz CT molecular complexity index is 598. The zero-order valence-corrected chi connectivity index (χ0v) is 12.2.